The average molecular weight is 295 g/mol. The molecular formula is C13H21N5O3. The Labute approximate surface area is 123 Å². The Morgan fingerprint density at radius 2 is 2.00 bits per heavy atom. The van der Waals surface area contributed by atoms with E-state index in [2.05, 4.69) is 16.0 Å². The summed E-state index contributed by atoms with van der Waals surface area (Å²) >= 11 is 0. The Balaban J connectivity index is 2.58. The molecule has 1 aromatic rings. The number of rotatable bonds is 7. The highest BCUT2D eigenvalue weighted by Gasteiger charge is 2.12. The van der Waals surface area contributed by atoms with Gasteiger partial charge in [-0.1, -0.05) is 0 Å². The summed E-state index contributed by atoms with van der Waals surface area (Å²) < 4.78 is 1.62. The maximum Gasteiger partial charge on any atom is 0.267 e. The van der Waals surface area contributed by atoms with Crippen LogP contribution in [0.25, 0.3) is 0 Å². The van der Waals surface area contributed by atoms with Crippen LogP contribution in [0.2, 0.25) is 0 Å². The molecule has 0 aliphatic carbocycles. The smallest absolute Gasteiger partial charge is 0.267 e. The molecule has 8 heteroatoms. The lowest BCUT2D eigenvalue weighted by Gasteiger charge is -2.04. The van der Waals surface area contributed by atoms with Crippen molar-refractivity contribution in [2.45, 2.75) is 13.3 Å². The number of nitrogens with zero attached hydrogens (tertiary/aromatic N) is 1. The first kappa shape index (κ1) is 16.7. The molecule has 0 bridgehead atoms. The number of hydrogen-bond acceptors (Lipinski definition) is 4. The monoisotopic (exact) mass is 295 g/mol. The zero-order valence-electron chi connectivity index (χ0n) is 12.2. The van der Waals surface area contributed by atoms with E-state index in [1.807, 2.05) is 0 Å². The quantitative estimate of drug-likeness (QED) is 0.491. The zero-order chi connectivity index (χ0) is 15.8. The molecule has 0 aliphatic heterocycles. The van der Waals surface area contributed by atoms with Crippen molar-refractivity contribution < 1.29 is 14.4 Å². The standard InChI is InChI=1S/C13H21N5O3/c1-9(19)16-7-12(20)17-10-6-11(18(2)8-10)13(21)15-5-3-4-14/h6,8H,3-5,7,14H2,1-2H3,(H,15,21)(H,16,19)(H,17,20). The Morgan fingerprint density at radius 3 is 2.62 bits per heavy atom. The number of nitrogens with two attached hydrogens (primary N) is 1. The Kier molecular flexibility index (Phi) is 6.41. The molecule has 0 saturated carbocycles. The van der Waals surface area contributed by atoms with Crippen molar-refractivity contribution >= 4 is 23.4 Å². The summed E-state index contributed by atoms with van der Waals surface area (Å²) in [4.78, 5) is 34.2. The first-order valence-corrected chi connectivity index (χ1v) is 6.63. The van der Waals surface area contributed by atoms with Gasteiger partial charge in [-0.15, -0.1) is 0 Å². The summed E-state index contributed by atoms with van der Waals surface area (Å²) in [6.45, 7) is 2.24. The second-order valence-electron chi connectivity index (χ2n) is 4.58. The van der Waals surface area contributed by atoms with E-state index in [9.17, 15) is 14.4 Å². The van der Waals surface area contributed by atoms with E-state index in [4.69, 9.17) is 5.73 Å². The molecule has 0 fully saturated rings. The fourth-order valence-corrected chi connectivity index (χ4v) is 1.66. The number of anilines is 1. The van der Waals surface area contributed by atoms with Gasteiger partial charge in [0, 0.05) is 26.7 Å². The van der Waals surface area contributed by atoms with Gasteiger partial charge >= 0.3 is 0 Å². The minimum Gasteiger partial charge on any atom is -0.351 e. The molecule has 8 nitrogen and oxygen atoms in total. The van der Waals surface area contributed by atoms with Gasteiger partial charge in [0.2, 0.25) is 11.8 Å². The Bertz CT molecular complexity index is 524. The van der Waals surface area contributed by atoms with Crippen LogP contribution in [0.4, 0.5) is 5.69 Å². The molecule has 0 aliphatic rings. The number of amides is 3. The lowest BCUT2D eigenvalue weighted by Crippen LogP contribution is -2.31. The van der Waals surface area contributed by atoms with Crippen LogP contribution in [-0.2, 0) is 16.6 Å². The maximum atomic E-state index is 11.9. The number of carbonyl (C=O) groups is 3. The molecule has 5 N–H and O–H groups in total. The highest BCUT2D eigenvalue weighted by molar-refractivity contribution is 5.97. The number of carbonyl (C=O) groups excluding carboxylic acids is 3. The largest absolute Gasteiger partial charge is 0.351 e. The summed E-state index contributed by atoms with van der Waals surface area (Å²) in [5.74, 6) is -0.864. The van der Waals surface area contributed by atoms with Crippen LogP contribution in [0.1, 0.15) is 23.8 Å². The lowest BCUT2D eigenvalue weighted by molar-refractivity contribution is -0.122. The molecule has 116 valence electrons. The molecule has 3 amide bonds. The fraction of sp³-hybridized carbons (Fsp3) is 0.462. The predicted molar refractivity (Wildman–Crippen MR) is 78.7 cm³/mol. The van der Waals surface area contributed by atoms with Crippen molar-refractivity contribution in [2.24, 2.45) is 12.8 Å². The maximum absolute atomic E-state index is 11.9. The van der Waals surface area contributed by atoms with E-state index >= 15 is 0 Å². The summed E-state index contributed by atoms with van der Waals surface area (Å²) in [5.41, 5.74) is 6.29. The van der Waals surface area contributed by atoms with Crippen LogP contribution in [0.15, 0.2) is 12.3 Å². The van der Waals surface area contributed by atoms with E-state index in [1.54, 1.807) is 23.9 Å². The minimum atomic E-state index is -0.356. The van der Waals surface area contributed by atoms with E-state index < -0.39 is 0 Å². The van der Waals surface area contributed by atoms with E-state index in [-0.39, 0.29) is 24.3 Å². The van der Waals surface area contributed by atoms with Crippen LogP contribution < -0.4 is 21.7 Å². The summed E-state index contributed by atoms with van der Waals surface area (Å²) in [6.07, 6.45) is 2.33. The molecule has 0 unspecified atom stereocenters. The highest BCUT2D eigenvalue weighted by atomic mass is 16.2. The van der Waals surface area contributed by atoms with Gasteiger partial charge in [-0.05, 0) is 19.0 Å². The fourth-order valence-electron chi connectivity index (χ4n) is 1.66. The molecule has 21 heavy (non-hydrogen) atoms. The van der Waals surface area contributed by atoms with Gasteiger partial charge in [-0.2, -0.15) is 0 Å². The molecule has 0 aromatic carbocycles. The molecular weight excluding hydrogens is 274 g/mol. The molecule has 0 spiro atoms. The minimum absolute atomic E-state index is 0.109. The van der Waals surface area contributed by atoms with Crippen LogP contribution in [0.3, 0.4) is 0 Å². The number of nitrogens with one attached hydrogen (secondary N) is 3. The third-order valence-corrected chi connectivity index (χ3v) is 2.69. The first-order valence-electron chi connectivity index (χ1n) is 6.63. The first-order chi connectivity index (χ1) is 9.93. The van der Waals surface area contributed by atoms with Gasteiger partial charge in [-0.3, -0.25) is 14.4 Å². The molecule has 0 radical (unpaired) electrons. The highest BCUT2D eigenvalue weighted by Crippen LogP contribution is 2.12. The van der Waals surface area contributed by atoms with Crippen LogP contribution >= 0.6 is 0 Å². The third kappa shape index (κ3) is 5.65. The summed E-state index contributed by atoms with van der Waals surface area (Å²) in [5, 5.41) is 7.74. The lowest BCUT2D eigenvalue weighted by atomic mass is 10.3. The molecule has 1 aromatic heterocycles. The van der Waals surface area contributed by atoms with E-state index in [0.717, 1.165) is 0 Å². The topological polar surface area (TPSA) is 118 Å². The second-order valence-corrected chi connectivity index (χ2v) is 4.58. The second kappa shape index (κ2) is 8.05. The molecule has 1 heterocycles. The number of hydrogen-bond donors (Lipinski definition) is 4. The van der Waals surface area contributed by atoms with Gasteiger partial charge < -0.3 is 26.3 Å². The van der Waals surface area contributed by atoms with Crippen LogP contribution in [0.5, 0.6) is 0 Å². The molecule has 1 rings (SSSR count). The van der Waals surface area contributed by atoms with Crippen molar-refractivity contribution in [3.05, 3.63) is 18.0 Å². The SMILES string of the molecule is CC(=O)NCC(=O)Nc1cc(C(=O)NCCCN)n(C)c1. The van der Waals surface area contributed by atoms with Crippen molar-refractivity contribution in [1.82, 2.24) is 15.2 Å². The van der Waals surface area contributed by atoms with Gasteiger partial charge in [0.15, 0.2) is 0 Å². The summed E-state index contributed by atoms with van der Waals surface area (Å²) in [7, 11) is 1.71. The summed E-state index contributed by atoms with van der Waals surface area (Å²) in [6, 6.07) is 1.57. The predicted octanol–water partition coefficient (Wildman–Crippen LogP) is -0.822. The van der Waals surface area contributed by atoms with Crippen molar-refractivity contribution in [3.63, 3.8) is 0 Å². The Morgan fingerprint density at radius 1 is 1.29 bits per heavy atom. The van der Waals surface area contributed by atoms with Crippen molar-refractivity contribution in [2.75, 3.05) is 25.0 Å². The Hall–Kier alpha value is -2.35. The number of aryl methyl sites for hydroxylation is 1. The van der Waals surface area contributed by atoms with Gasteiger partial charge in [0.05, 0.1) is 12.2 Å². The average Bonchev–Trinajstić information content (AvgIpc) is 2.77. The van der Waals surface area contributed by atoms with Gasteiger partial charge in [0.25, 0.3) is 5.91 Å². The van der Waals surface area contributed by atoms with Gasteiger partial charge in [0.1, 0.15) is 5.69 Å². The third-order valence-electron chi connectivity index (χ3n) is 2.69. The molecule has 0 atom stereocenters. The van der Waals surface area contributed by atoms with Crippen molar-refractivity contribution in [3.8, 4) is 0 Å². The van der Waals surface area contributed by atoms with E-state index in [0.29, 0.717) is 30.9 Å². The van der Waals surface area contributed by atoms with Gasteiger partial charge in [-0.25, -0.2) is 0 Å². The normalized spacial score (nSPS) is 10.0. The van der Waals surface area contributed by atoms with Crippen LogP contribution in [0, 0.1) is 0 Å². The zero-order valence-corrected chi connectivity index (χ0v) is 12.2. The number of aromatic nitrogens is 1. The van der Waals surface area contributed by atoms with Crippen molar-refractivity contribution in [1.29, 1.82) is 0 Å². The molecule has 0 saturated heterocycles. The van der Waals surface area contributed by atoms with Crippen LogP contribution in [-0.4, -0.2) is 41.9 Å². The van der Waals surface area contributed by atoms with E-state index in [1.165, 1.54) is 6.92 Å².